The van der Waals surface area contributed by atoms with Gasteiger partial charge < -0.3 is 5.73 Å². The highest BCUT2D eigenvalue weighted by Gasteiger charge is 2.17. The number of thioether (sulfide) groups is 1. The zero-order chi connectivity index (χ0) is 15.9. The van der Waals surface area contributed by atoms with Crippen LogP contribution in [0.4, 0.5) is 8.78 Å². The van der Waals surface area contributed by atoms with Crippen LogP contribution in [0.25, 0.3) is 0 Å². The zero-order valence-electron chi connectivity index (χ0n) is 12.3. The first-order valence-corrected chi connectivity index (χ1v) is 7.95. The molecule has 0 bridgehead atoms. The Bertz CT molecular complexity index is 579. The van der Waals surface area contributed by atoms with E-state index < -0.39 is 0 Å². The monoisotopic (exact) mass is 320 g/mol. The molecule has 0 aromatic heterocycles. The van der Waals surface area contributed by atoms with Gasteiger partial charge in [-0.15, -0.1) is 0 Å². The van der Waals surface area contributed by atoms with Crippen molar-refractivity contribution in [1.82, 2.24) is 0 Å². The lowest BCUT2D eigenvalue weighted by atomic mass is 10.0. The van der Waals surface area contributed by atoms with Crippen LogP contribution >= 0.6 is 11.8 Å². The van der Waals surface area contributed by atoms with Gasteiger partial charge in [-0.25, -0.2) is 8.78 Å². The minimum atomic E-state index is -0.292. The van der Waals surface area contributed by atoms with Gasteiger partial charge in [0.05, 0.1) is 5.25 Å². The van der Waals surface area contributed by atoms with Crippen LogP contribution < -0.4 is 5.73 Å². The molecule has 0 heterocycles. The number of nitrogens with two attached hydrogens (primary N) is 1. The van der Waals surface area contributed by atoms with E-state index in [-0.39, 0.29) is 16.9 Å². The van der Waals surface area contributed by atoms with Crippen molar-refractivity contribution in [3.05, 3.63) is 71.3 Å². The lowest BCUT2D eigenvalue weighted by molar-refractivity contribution is 0.626. The van der Waals surface area contributed by atoms with Crippen molar-refractivity contribution in [2.45, 2.75) is 18.6 Å². The molecule has 0 aliphatic carbocycles. The molecule has 2 rings (SSSR count). The highest BCUT2D eigenvalue weighted by Crippen LogP contribution is 2.35. The van der Waals surface area contributed by atoms with Crippen molar-refractivity contribution in [2.75, 3.05) is 6.54 Å². The third-order valence-corrected chi connectivity index (χ3v) is 4.23. The summed E-state index contributed by atoms with van der Waals surface area (Å²) in [6.45, 7) is 2.69. The maximum absolute atomic E-state index is 13.1. The lowest BCUT2D eigenvalue weighted by Gasteiger charge is -2.17. The maximum Gasteiger partial charge on any atom is 0.154 e. The number of halogens is 2. The maximum atomic E-state index is 13.1. The summed E-state index contributed by atoms with van der Waals surface area (Å²) in [7, 11) is 0. The molecule has 0 amide bonds. The van der Waals surface area contributed by atoms with Crippen LogP contribution in [0.1, 0.15) is 29.7 Å². The molecule has 0 aliphatic rings. The zero-order valence-corrected chi connectivity index (χ0v) is 13.1. The normalized spacial score (nSPS) is 11.9. The fourth-order valence-electron chi connectivity index (χ4n) is 1.98. The van der Waals surface area contributed by atoms with Gasteiger partial charge in [-0.3, -0.25) is 4.99 Å². The molecule has 0 aliphatic heterocycles. The fraction of sp³-hybridized carbons (Fsp3) is 0.235. The van der Waals surface area contributed by atoms with E-state index in [9.17, 15) is 8.78 Å². The molecular formula is C17H18F2N2S. The van der Waals surface area contributed by atoms with Crippen molar-refractivity contribution in [3.63, 3.8) is 0 Å². The number of nitrogens with zero attached hydrogens (tertiary/aromatic N) is 1. The summed E-state index contributed by atoms with van der Waals surface area (Å²) < 4.78 is 26.3. The molecule has 0 radical (unpaired) electrons. The topological polar surface area (TPSA) is 38.4 Å². The van der Waals surface area contributed by atoms with E-state index in [1.165, 1.54) is 36.0 Å². The summed E-state index contributed by atoms with van der Waals surface area (Å²) in [5.74, 6) is -0.585. The van der Waals surface area contributed by atoms with Crippen molar-refractivity contribution in [1.29, 1.82) is 0 Å². The predicted molar refractivity (Wildman–Crippen MR) is 89.0 cm³/mol. The summed E-state index contributed by atoms with van der Waals surface area (Å²) >= 11 is 1.39. The Labute approximate surface area is 133 Å². The van der Waals surface area contributed by atoms with Gasteiger partial charge in [-0.05, 0) is 41.8 Å². The molecule has 2 nitrogen and oxygen atoms in total. The van der Waals surface area contributed by atoms with Crippen LogP contribution in [0.3, 0.4) is 0 Å². The average Bonchev–Trinajstić information content (AvgIpc) is 2.52. The number of hydrogen-bond acceptors (Lipinski definition) is 2. The smallest absolute Gasteiger partial charge is 0.154 e. The molecule has 0 saturated heterocycles. The first-order valence-electron chi connectivity index (χ1n) is 7.07. The Morgan fingerprint density at radius 2 is 1.45 bits per heavy atom. The number of rotatable bonds is 5. The van der Waals surface area contributed by atoms with Gasteiger partial charge in [0.1, 0.15) is 11.6 Å². The van der Waals surface area contributed by atoms with Crippen molar-refractivity contribution < 1.29 is 8.78 Å². The number of benzene rings is 2. The fourth-order valence-corrected chi connectivity index (χ4v) is 2.98. The molecule has 2 aromatic carbocycles. The minimum absolute atomic E-state index is 0.151. The Morgan fingerprint density at radius 1 is 1.00 bits per heavy atom. The standard InChI is InChI=1S/C17H18F2N2S/c1-2-11-21-17(20)22-16(12-3-7-14(18)8-4-12)13-5-9-15(19)10-6-13/h3-10,16H,2,11H2,1H3,(H2,20,21). The highest BCUT2D eigenvalue weighted by molar-refractivity contribution is 8.14. The molecule has 5 heteroatoms. The Balaban J connectivity index is 2.31. The van der Waals surface area contributed by atoms with Gasteiger partial charge in [0.2, 0.25) is 0 Å². The SMILES string of the molecule is CCCN=C(N)SC(c1ccc(F)cc1)c1ccc(F)cc1. The summed E-state index contributed by atoms with van der Waals surface area (Å²) in [6, 6.07) is 12.5. The summed E-state index contributed by atoms with van der Waals surface area (Å²) in [5, 5.41) is 0.322. The van der Waals surface area contributed by atoms with Crippen LogP contribution in [0.2, 0.25) is 0 Å². The quantitative estimate of drug-likeness (QED) is 0.650. The Morgan fingerprint density at radius 3 is 1.86 bits per heavy atom. The number of aliphatic imine (C=N–C) groups is 1. The molecule has 0 saturated carbocycles. The number of amidine groups is 1. The van der Waals surface area contributed by atoms with Crippen molar-refractivity contribution in [2.24, 2.45) is 10.7 Å². The second kappa shape index (κ2) is 7.94. The average molecular weight is 320 g/mol. The molecule has 0 spiro atoms. The third kappa shape index (κ3) is 4.56. The first kappa shape index (κ1) is 16.5. The van der Waals surface area contributed by atoms with Gasteiger partial charge in [0.25, 0.3) is 0 Å². The largest absolute Gasteiger partial charge is 0.379 e. The molecule has 0 unspecified atom stereocenters. The van der Waals surface area contributed by atoms with Crippen LogP contribution in [0, 0.1) is 11.6 Å². The molecule has 22 heavy (non-hydrogen) atoms. The van der Waals surface area contributed by atoms with E-state index in [1.807, 2.05) is 6.92 Å². The van der Waals surface area contributed by atoms with Gasteiger partial charge in [0, 0.05) is 6.54 Å². The van der Waals surface area contributed by atoms with E-state index in [0.29, 0.717) is 11.7 Å². The van der Waals surface area contributed by atoms with Crippen molar-refractivity contribution >= 4 is 16.9 Å². The molecule has 0 atom stereocenters. The van der Waals surface area contributed by atoms with E-state index >= 15 is 0 Å². The first-order chi connectivity index (χ1) is 10.6. The van der Waals surface area contributed by atoms with Crippen molar-refractivity contribution in [3.8, 4) is 0 Å². The summed E-state index contributed by atoms with van der Waals surface area (Å²) in [6.07, 6.45) is 0.916. The van der Waals surface area contributed by atoms with E-state index in [2.05, 4.69) is 4.99 Å². The third-order valence-electron chi connectivity index (χ3n) is 3.08. The molecule has 2 aromatic rings. The second-order valence-electron chi connectivity index (χ2n) is 4.82. The number of hydrogen-bond donors (Lipinski definition) is 1. The van der Waals surface area contributed by atoms with Gasteiger partial charge >= 0.3 is 0 Å². The Kier molecular flexibility index (Phi) is 5.95. The van der Waals surface area contributed by atoms with E-state index in [0.717, 1.165) is 17.5 Å². The molecule has 2 N–H and O–H groups in total. The minimum Gasteiger partial charge on any atom is -0.379 e. The predicted octanol–water partition coefficient (Wildman–Crippen LogP) is 4.51. The van der Waals surface area contributed by atoms with Crippen LogP contribution in [-0.4, -0.2) is 11.7 Å². The lowest BCUT2D eigenvalue weighted by Crippen LogP contribution is -2.11. The van der Waals surface area contributed by atoms with Crippen LogP contribution in [0.15, 0.2) is 53.5 Å². The second-order valence-corrected chi connectivity index (χ2v) is 5.95. The van der Waals surface area contributed by atoms with E-state index in [1.54, 1.807) is 24.3 Å². The molecule has 0 fully saturated rings. The summed E-state index contributed by atoms with van der Waals surface area (Å²) in [4.78, 5) is 4.28. The van der Waals surface area contributed by atoms with Crippen LogP contribution in [-0.2, 0) is 0 Å². The van der Waals surface area contributed by atoms with E-state index in [4.69, 9.17) is 5.73 Å². The van der Waals surface area contributed by atoms with Crippen LogP contribution in [0.5, 0.6) is 0 Å². The summed E-state index contributed by atoms with van der Waals surface area (Å²) in [5.41, 5.74) is 7.75. The Hall–Kier alpha value is -1.88. The highest BCUT2D eigenvalue weighted by atomic mass is 32.2. The van der Waals surface area contributed by atoms with Gasteiger partial charge in [0.15, 0.2) is 5.17 Å². The molecular weight excluding hydrogens is 302 g/mol. The molecule has 116 valence electrons. The van der Waals surface area contributed by atoms with Gasteiger partial charge in [-0.1, -0.05) is 43.0 Å². The van der Waals surface area contributed by atoms with Gasteiger partial charge in [-0.2, -0.15) is 0 Å².